The molecule has 1 saturated heterocycles. The summed E-state index contributed by atoms with van der Waals surface area (Å²) in [5, 5.41) is 17.1. The van der Waals surface area contributed by atoms with Crippen molar-refractivity contribution in [1.29, 1.82) is 0 Å². The van der Waals surface area contributed by atoms with Crippen LogP contribution in [0.5, 0.6) is 0 Å². The van der Waals surface area contributed by atoms with Gasteiger partial charge >= 0.3 is 5.97 Å². The molecule has 6 nitrogen and oxygen atoms in total. The van der Waals surface area contributed by atoms with Gasteiger partial charge in [0, 0.05) is 6.54 Å². The third-order valence-corrected chi connectivity index (χ3v) is 3.68. The Labute approximate surface area is 111 Å². The highest BCUT2D eigenvalue weighted by Crippen LogP contribution is 2.31. The summed E-state index contributed by atoms with van der Waals surface area (Å²) in [6.45, 7) is 5.51. The van der Waals surface area contributed by atoms with Crippen molar-refractivity contribution in [2.24, 2.45) is 0 Å². The van der Waals surface area contributed by atoms with Gasteiger partial charge in [0.25, 0.3) is 5.91 Å². The molecule has 6 heteroatoms. The van der Waals surface area contributed by atoms with Crippen LogP contribution in [0.1, 0.15) is 41.5 Å². The van der Waals surface area contributed by atoms with Gasteiger partial charge in [0.2, 0.25) is 0 Å². The first-order valence-electron chi connectivity index (χ1n) is 6.22. The first kappa shape index (κ1) is 13.5. The number of carbonyl (C=O) groups excluding carboxylic acids is 1. The fraction of sp³-hybridized carbons (Fsp3) is 0.538. The number of carboxylic acid groups (broad SMARTS) is 1. The molecule has 0 aliphatic carbocycles. The number of likely N-dealkylation sites (tertiary alicyclic amines) is 1. The lowest BCUT2D eigenvalue weighted by atomic mass is 9.98. The highest BCUT2D eigenvalue weighted by atomic mass is 16.4. The molecule has 2 rings (SSSR count). The van der Waals surface area contributed by atoms with Gasteiger partial charge in [-0.1, -0.05) is 0 Å². The molecule has 1 N–H and O–H groups in total. The lowest BCUT2D eigenvalue weighted by molar-refractivity contribution is -0.147. The zero-order chi connectivity index (χ0) is 14.2. The summed E-state index contributed by atoms with van der Waals surface area (Å²) in [6, 6.07) is 1.66. The molecule has 0 spiro atoms. The summed E-state index contributed by atoms with van der Waals surface area (Å²) in [5.74, 6) is -1.24. The maximum Gasteiger partial charge on any atom is 0.329 e. The average molecular weight is 263 g/mol. The number of nitrogens with zero attached hydrogens (tertiary/aromatic N) is 3. The number of carbonyl (C=O) groups is 2. The van der Waals surface area contributed by atoms with Crippen LogP contribution in [-0.4, -0.2) is 44.2 Å². The van der Waals surface area contributed by atoms with Gasteiger partial charge in [-0.15, -0.1) is 0 Å². The molecule has 1 amide bonds. The van der Waals surface area contributed by atoms with Crippen molar-refractivity contribution < 1.29 is 14.7 Å². The normalized spacial score (nSPS) is 22.6. The van der Waals surface area contributed by atoms with E-state index >= 15 is 0 Å². The molecule has 19 heavy (non-hydrogen) atoms. The van der Waals surface area contributed by atoms with Crippen molar-refractivity contribution in [3.05, 3.63) is 23.0 Å². The van der Waals surface area contributed by atoms with E-state index in [4.69, 9.17) is 0 Å². The summed E-state index contributed by atoms with van der Waals surface area (Å²) in [5.41, 5.74) is 0.475. The molecule has 0 radical (unpaired) electrons. The predicted molar refractivity (Wildman–Crippen MR) is 67.8 cm³/mol. The van der Waals surface area contributed by atoms with Crippen LogP contribution in [0, 0.1) is 13.8 Å². The molecule has 2 heterocycles. The molecule has 0 bridgehead atoms. The standard InChI is InChI=1S/C13H17N3O3/c1-8-7-10(9(2)15-14-8)11(17)16-6-4-5-13(16,3)12(18)19/h7H,4-6H2,1-3H3,(H,18,19). The van der Waals surface area contributed by atoms with Crippen LogP contribution in [0.4, 0.5) is 0 Å². The second kappa shape index (κ2) is 4.60. The second-order valence-corrected chi connectivity index (χ2v) is 5.12. The minimum absolute atomic E-state index is 0.280. The molecule has 1 atom stereocenters. The molecule has 1 aromatic rings. The van der Waals surface area contributed by atoms with E-state index < -0.39 is 11.5 Å². The van der Waals surface area contributed by atoms with Crippen LogP contribution in [0.2, 0.25) is 0 Å². The van der Waals surface area contributed by atoms with Crippen LogP contribution < -0.4 is 0 Å². The summed E-state index contributed by atoms with van der Waals surface area (Å²) < 4.78 is 0. The zero-order valence-corrected chi connectivity index (χ0v) is 11.3. The zero-order valence-electron chi connectivity index (χ0n) is 11.3. The van der Waals surface area contributed by atoms with Gasteiger partial charge in [-0.2, -0.15) is 10.2 Å². The third kappa shape index (κ3) is 2.18. The molecule has 0 saturated carbocycles. The van der Waals surface area contributed by atoms with Crippen molar-refractivity contribution in [3.8, 4) is 0 Å². The van der Waals surface area contributed by atoms with Crippen LogP contribution in [0.25, 0.3) is 0 Å². The summed E-state index contributed by atoms with van der Waals surface area (Å²) in [7, 11) is 0. The molecule has 1 unspecified atom stereocenters. The number of aliphatic carboxylic acids is 1. The molecule has 1 aliphatic rings. The Hall–Kier alpha value is -1.98. The first-order valence-corrected chi connectivity index (χ1v) is 6.22. The van der Waals surface area contributed by atoms with Crippen LogP contribution in [0.3, 0.4) is 0 Å². The molecule has 1 aliphatic heterocycles. The van der Waals surface area contributed by atoms with E-state index in [2.05, 4.69) is 10.2 Å². The maximum atomic E-state index is 12.5. The maximum absolute atomic E-state index is 12.5. The van der Waals surface area contributed by atoms with Gasteiger partial charge in [-0.05, 0) is 39.7 Å². The summed E-state index contributed by atoms with van der Waals surface area (Å²) >= 11 is 0. The highest BCUT2D eigenvalue weighted by Gasteiger charge is 2.46. The fourth-order valence-electron chi connectivity index (χ4n) is 2.42. The Kier molecular flexibility index (Phi) is 3.26. The summed E-state index contributed by atoms with van der Waals surface area (Å²) in [4.78, 5) is 25.4. The van der Waals surface area contributed by atoms with E-state index in [1.807, 2.05) is 0 Å². The number of hydrogen-bond donors (Lipinski definition) is 1. The minimum atomic E-state index is -1.12. The summed E-state index contributed by atoms with van der Waals surface area (Å²) in [6.07, 6.45) is 1.18. The van der Waals surface area contributed by atoms with Gasteiger partial charge in [0.1, 0.15) is 5.54 Å². The third-order valence-electron chi connectivity index (χ3n) is 3.68. The number of carboxylic acids is 1. The van der Waals surface area contributed by atoms with Crippen LogP contribution in [0.15, 0.2) is 6.07 Å². The molecule has 102 valence electrons. The quantitative estimate of drug-likeness (QED) is 0.866. The Morgan fingerprint density at radius 3 is 2.68 bits per heavy atom. The lowest BCUT2D eigenvalue weighted by Crippen LogP contribution is -2.51. The topological polar surface area (TPSA) is 83.4 Å². The predicted octanol–water partition coefficient (Wildman–Crippen LogP) is 1.17. The Morgan fingerprint density at radius 1 is 1.37 bits per heavy atom. The lowest BCUT2D eigenvalue weighted by Gasteiger charge is -2.31. The van der Waals surface area contributed by atoms with Gasteiger partial charge in [0.05, 0.1) is 17.0 Å². The number of aryl methyl sites for hydroxylation is 2. The number of aromatic nitrogens is 2. The fourth-order valence-corrected chi connectivity index (χ4v) is 2.42. The van der Waals surface area contributed by atoms with Crippen molar-refractivity contribution in [1.82, 2.24) is 15.1 Å². The van der Waals surface area contributed by atoms with E-state index in [1.54, 1.807) is 26.8 Å². The van der Waals surface area contributed by atoms with Gasteiger partial charge in [0.15, 0.2) is 0 Å². The number of amides is 1. The van der Waals surface area contributed by atoms with E-state index in [9.17, 15) is 14.7 Å². The van der Waals surface area contributed by atoms with Crippen LogP contribution in [-0.2, 0) is 4.79 Å². The SMILES string of the molecule is Cc1cc(C(=O)N2CCCC2(C)C(=O)O)c(C)nn1. The van der Waals surface area contributed by atoms with Crippen molar-refractivity contribution in [2.45, 2.75) is 39.2 Å². The molecule has 1 fully saturated rings. The smallest absolute Gasteiger partial charge is 0.329 e. The molecule has 1 aromatic heterocycles. The van der Waals surface area contributed by atoms with E-state index in [0.717, 1.165) is 0 Å². The molecular formula is C13H17N3O3. The Bertz CT molecular complexity index is 544. The van der Waals surface area contributed by atoms with Crippen LogP contribution >= 0.6 is 0 Å². The largest absolute Gasteiger partial charge is 0.480 e. The Morgan fingerprint density at radius 2 is 2.05 bits per heavy atom. The monoisotopic (exact) mass is 263 g/mol. The van der Waals surface area contributed by atoms with E-state index in [0.29, 0.717) is 36.3 Å². The number of rotatable bonds is 2. The van der Waals surface area contributed by atoms with E-state index in [1.165, 1.54) is 4.90 Å². The molecule has 0 aromatic carbocycles. The van der Waals surface area contributed by atoms with Crippen molar-refractivity contribution in [2.75, 3.05) is 6.54 Å². The van der Waals surface area contributed by atoms with Gasteiger partial charge in [-0.3, -0.25) is 4.79 Å². The highest BCUT2D eigenvalue weighted by molar-refractivity contribution is 5.99. The minimum Gasteiger partial charge on any atom is -0.480 e. The van der Waals surface area contributed by atoms with Gasteiger partial charge < -0.3 is 10.0 Å². The Balaban J connectivity index is 2.39. The van der Waals surface area contributed by atoms with E-state index in [-0.39, 0.29) is 5.91 Å². The first-order chi connectivity index (χ1) is 8.86. The van der Waals surface area contributed by atoms with Crippen molar-refractivity contribution >= 4 is 11.9 Å². The van der Waals surface area contributed by atoms with Gasteiger partial charge in [-0.25, -0.2) is 4.79 Å². The molecular weight excluding hydrogens is 246 g/mol. The van der Waals surface area contributed by atoms with Crippen molar-refractivity contribution in [3.63, 3.8) is 0 Å². The average Bonchev–Trinajstić information content (AvgIpc) is 2.75. The number of hydrogen-bond acceptors (Lipinski definition) is 4. The second-order valence-electron chi connectivity index (χ2n) is 5.12.